The van der Waals surface area contributed by atoms with Crippen molar-refractivity contribution in [1.82, 2.24) is 13.6 Å². The first-order valence-electron chi connectivity index (χ1n) is 12.3. The number of carbonyl (C=O) groups is 2. The molecular weight excluding hydrogens is 516 g/mol. The molecule has 9 nitrogen and oxygen atoms in total. The van der Waals surface area contributed by atoms with Crippen molar-refractivity contribution in [3.63, 3.8) is 0 Å². The first-order valence-corrected chi connectivity index (χ1v) is 13.7. The third kappa shape index (κ3) is 4.91. The summed E-state index contributed by atoms with van der Waals surface area (Å²) in [7, 11) is 0.602. The number of ether oxygens (including phenoxy) is 1. The average Bonchev–Trinajstić information content (AvgIpc) is 3.54. The summed E-state index contributed by atoms with van der Waals surface area (Å²) in [6, 6.07) is 21.2. The van der Waals surface area contributed by atoms with Crippen LogP contribution in [0, 0.1) is 0 Å². The van der Waals surface area contributed by atoms with Gasteiger partial charge in [0.05, 0.1) is 12.6 Å². The molecule has 1 aliphatic heterocycles. The number of nitrogens with one attached hydrogen (secondary N) is 1. The number of benzene rings is 3. The molecule has 1 aromatic heterocycles. The molecule has 5 rings (SSSR count). The van der Waals surface area contributed by atoms with Gasteiger partial charge in [-0.1, -0.05) is 36.4 Å². The van der Waals surface area contributed by atoms with E-state index in [4.69, 9.17) is 4.74 Å². The second kappa shape index (κ2) is 10.4. The molecule has 0 atom stereocenters. The summed E-state index contributed by atoms with van der Waals surface area (Å²) in [6.45, 7) is 0.463. The number of carbonyl (C=O) groups excluding carboxylic acids is 2. The van der Waals surface area contributed by atoms with Crippen LogP contribution in [0.1, 0.15) is 21.5 Å². The van der Waals surface area contributed by atoms with Gasteiger partial charge in [-0.3, -0.25) is 9.59 Å². The predicted octanol–water partition coefficient (Wildman–Crippen LogP) is 3.66. The second-order valence-electron chi connectivity index (χ2n) is 9.26. The highest BCUT2D eigenvalue weighted by Crippen LogP contribution is 2.30. The minimum atomic E-state index is -3.84. The van der Waals surface area contributed by atoms with Crippen molar-refractivity contribution in [3.8, 4) is 5.75 Å². The van der Waals surface area contributed by atoms with Crippen LogP contribution < -0.4 is 15.0 Å². The number of amides is 2. The van der Waals surface area contributed by atoms with E-state index in [1.807, 2.05) is 24.3 Å². The molecule has 0 spiro atoms. The van der Waals surface area contributed by atoms with E-state index >= 15 is 0 Å². The zero-order valence-corrected chi connectivity index (χ0v) is 22.6. The average molecular weight is 545 g/mol. The van der Waals surface area contributed by atoms with Gasteiger partial charge >= 0.3 is 10.2 Å². The lowest BCUT2D eigenvalue weighted by atomic mass is 10.1. The molecule has 0 bridgehead atoms. The van der Waals surface area contributed by atoms with E-state index in [0.717, 1.165) is 15.6 Å². The van der Waals surface area contributed by atoms with Crippen LogP contribution in [0.2, 0.25) is 0 Å². The normalized spacial score (nSPS) is 13.5. The van der Waals surface area contributed by atoms with E-state index < -0.39 is 22.0 Å². The van der Waals surface area contributed by atoms with Crippen LogP contribution in [0.15, 0.2) is 84.7 Å². The Balaban J connectivity index is 1.61. The number of anilines is 1. The maximum absolute atomic E-state index is 13.9. The van der Waals surface area contributed by atoms with Crippen molar-refractivity contribution >= 4 is 44.7 Å². The summed E-state index contributed by atoms with van der Waals surface area (Å²) >= 11 is 0. The van der Waals surface area contributed by atoms with E-state index in [1.54, 1.807) is 53.4 Å². The molecule has 4 aromatic rings. The summed E-state index contributed by atoms with van der Waals surface area (Å²) in [4.78, 5) is 28.8. The molecule has 39 heavy (non-hydrogen) atoms. The third-order valence-electron chi connectivity index (χ3n) is 6.68. The Morgan fingerprint density at radius 2 is 1.67 bits per heavy atom. The Bertz CT molecular complexity index is 1710. The largest absolute Gasteiger partial charge is 0.497 e. The minimum Gasteiger partial charge on any atom is -0.497 e. The molecule has 0 fully saturated rings. The number of nitrogens with zero attached hydrogens (tertiary/aromatic N) is 3. The molecule has 0 unspecified atom stereocenters. The first kappa shape index (κ1) is 26.2. The summed E-state index contributed by atoms with van der Waals surface area (Å²) in [5.74, 6) is -0.273. The van der Waals surface area contributed by atoms with Crippen molar-refractivity contribution in [3.05, 3.63) is 101 Å². The maximum atomic E-state index is 13.9. The molecule has 2 heterocycles. The SMILES string of the molecule is COc1ccc(C(=O)N/C(=C\c2cn(S(=O)(=O)N(C)C)c3ccccc23)C(=O)N2CCc3ccccc32)cc1. The second-order valence-corrected chi connectivity index (χ2v) is 11.3. The fraction of sp³-hybridized carbons (Fsp3) is 0.172. The zero-order valence-electron chi connectivity index (χ0n) is 21.8. The van der Waals surface area contributed by atoms with Crippen LogP contribution in [0.5, 0.6) is 5.75 Å². The van der Waals surface area contributed by atoms with E-state index in [2.05, 4.69) is 5.32 Å². The molecule has 0 saturated carbocycles. The quantitative estimate of drug-likeness (QED) is 0.358. The summed E-state index contributed by atoms with van der Waals surface area (Å²) in [5.41, 5.74) is 3.12. The van der Waals surface area contributed by atoms with E-state index in [1.165, 1.54) is 37.5 Å². The van der Waals surface area contributed by atoms with Crippen molar-refractivity contribution in [2.45, 2.75) is 6.42 Å². The van der Waals surface area contributed by atoms with Gasteiger partial charge in [-0.2, -0.15) is 12.7 Å². The number of aromatic nitrogens is 1. The standard InChI is InChI=1S/C29H28N4O5S/c1-31(2)39(36,37)33-19-22(24-9-5-7-11-27(24)33)18-25(30-28(34)21-12-14-23(38-3)15-13-21)29(35)32-17-16-20-8-4-6-10-26(20)32/h4-15,18-19H,16-17H2,1-3H3,(H,30,34)/b25-18-. The Morgan fingerprint density at radius 1 is 0.974 bits per heavy atom. The summed E-state index contributed by atoms with van der Waals surface area (Å²) < 4.78 is 33.6. The van der Waals surface area contributed by atoms with Crippen molar-refractivity contribution in [2.75, 3.05) is 32.6 Å². The molecule has 0 radical (unpaired) electrons. The highest BCUT2D eigenvalue weighted by Gasteiger charge is 2.28. The number of para-hydroxylation sites is 2. The molecule has 200 valence electrons. The Kier molecular flexibility index (Phi) is 6.98. The monoisotopic (exact) mass is 544 g/mol. The smallest absolute Gasteiger partial charge is 0.307 e. The molecule has 10 heteroatoms. The number of fused-ring (bicyclic) bond motifs is 2. The highest BCUT2D eigenvalue weighted by molar-refractivity contribution is 7.87. The lowest BCUT2D eigenvalue weighted by Gasteiger charge is -2.20. The number of hydrogen-bond donors (Lipinski definition) is 1. The van der Waals surface area contributed by atoms with Crippen LogP contribution in [-0.2, 0) is 21.4 Å². The topological polar surface area (TPSA) is 101 Å². The molecule has 3 aromatic carbocycles. The minimum absolute atomic E-state index is 0.0256. The predicted molar refractivity (Wildman–Crippen MR) is 151 cm³/mol. The van der Waals surface area contributed by atoms with Crippen LogP contribution in [0.3, 0.4) is 0 Å². The molecule has 1 aliphatic rings. The van der Waals surface area contributed by atoms with Gasteiger partial charge in [0.2, 0.25) is 0 Å². The lowest BCUT2D eigenvalue weighted by Crippen LogP contribution is -2.37. The molecule has 0 saturated heterocycles. The van der Waals surface area contributed by atoms with Gasteiger partial charge in [0.15, 0.2) is 0 Å². The van der Waals surface area contributed by atoms with Crippen molar-refractivity contribution in [2.24, 2.45) is 0 Å². The molecule has 1 N–H and O–H groups in total. The fourth-order valence-electron chi connectivity index (χ4n) is 4.60. The van der Waals surface area contributed by atoms with Crippen molar-refractivity contribution < 1.29 is 22.7 Å². The van der Waals surface area contributed by atoms with Gasteiger partial charge in [-0.05, 0) is 54.5 Å². The van der Waals surface area contributed by atoms with Gasteiger partial charge in [0.25, 0.3) is 11.8 Å². The van der Waals surface area contributed by atoms with Crippen molar-refractivity contribution in [1.29, 1.82) is 0 Å². The lowest BCUT2D eigenvalue weighted by molar-refractivity contribution is -0.115. The van der Waals surface area contributed by atoms with Gasteiger partial charge < -0.3 is 15.0 Å². The van der Waals surface area contributed by atoms with Gasteiger partial charge in [0, 0.05) is 49.0 Å². The Labute approximate surface area is 227 Å². The molecule has 0 aliphatic carbocycles. The molecule has 2 amide bonds. The Hall–Kier alpha value is -4.41. The van der Waals surface area contributed by atoms with Gasteiger partial charge in [-0.15, -0.1) is 0 Å². The van der Waals surface area contributed by atoms with E-state index in [-0.39, 0.29) is 5.70 Å². The summed E-state index contributed by atoms with van der Waals surface area (Å²) in [6.07, 6.45) is 3.70. The van der Waals surface area contributed by atoms with Crippen LogP contribution in [0.4, 0.5) is 5.69 Å². The molecular formula is C29H28N4O5S. The first-order chi connectivity index (χ1) is 18.7. The Morgan fingerprint density at radius 3 is 2.38 bits per heavy atom. The summed E-state index contributed by atoms with van der Waals surface area (Å²) in [5, 5.41) is 3.40. The fourth-order valence-corrected chi connectivity index (χ4v) is 5.60. The van der Waals surface area contributed by atoms with Gasteiger partial charge in [-0.25, -0.2) is 3.97 Å². The maximum Gasteiger partial charge on any atom is 0.307 e. The third-order valence-corrected chi connectivity index (χ3v) is 8.40. The van der Waals surface area contributed by atoms with Gasteiger partial charge in [0.1, 0.15) is 11.4 Å². The van der Waals surface area contributed by atoms with E-state index in [9.17, 15) is 18.0 Å². The number of rotatable bonds is 7. The van der Waals surface area contributed by atoms with Crippen LogP contribution in [-0.4, -0.2) is 56.3 Å². The highest BCUT2D eigenvalue weighted by atomic mass is 32.2. The van der Waals surface area contributed by atoms with E-state index in [0.29, 0.717) is 40.7 Å². The zero-order chi connectivity index (χ0) is 27.7. The van der Waals surface area contributed by atoms with Crippen LogP contribution in [0.25, 0.3) is 17.0 Å². The van der Waals surface area contributed by atoms with Crippen LogP contribution >= 0.6 is 0 Å². The number of hydrogen-bond acceptors (Lipinski definition) is 5. The number of methoxy groups -OCH3 is 1.